The van der Waals surface area contributed by atoms with E-state index in [0.717, 1.165) is 6.07 Å². The molecule has 0 bridgehead atoms. The Morgan fingerprint density at radius 1 is 1.53 bits per heavy atom. The van der Waals surface area contributed by atoms with Gasteiger partial charge in [0, 0.05) is 6.07 Å². The molecule has 0 aliphatic carbocycles. The molecule has 9 heteroatoms. The van der Waals surface area contributed by atoms with Crippen molar-refractivity contribution in [1.29, 1.82) is 0 Å². The molecule has 1 heterocycles. The molecule has 0 saturated carbocycles. The monoisotopic (exact) mass is 363 g/mol. The molecule has 1 rings (SSSR count). The van der Waals surface area contributed by atoms with Gasteiger partial charge in [-0.1, -0.05) is 0 Å². The molecule has 0 fully saturated rings. The molecule has 0 spiro atoms. The van der Waals surface area contributed by atoms with Crippen LogP contribution in [0.25, 0.3) is 0 Å². The molecule has 0 aromatic carbocycles. The lowest BCUT2D eigenvalue weighted by molar-refractivity contribution is -0.276. The Bertz CT molecular complexity index is 449. The van der Waals surface area contributed by atoms with Gasteiger partial charge in [-0.3, -0.25) is 4.79 Å². The molecule has 5 nitrogen and oxygen atoms in total. The van der Waals surface area contributed by atoms with E-state index in [0.29, 0.717) is 0 Å². The van der Waals surface area contributed by atoms with Crippen LogP contribution < -0.4 is 4.74 Å². The van der Waals surface area contributed by atoms with Crippen LogP contribution in [0.15, 0.2) is 6.07 Å². The van der Waals surface area contributed by atoms with Crippen LogP contribution in [0.2, 0.25) is 0 Å². The summed E-state index contributed by atoms with van der Waals surface area (Å²) in [6.45, 7) is 0. The maximum atomic E-state index is 11.9. The average molecular weight is 363 g/mol. The largest absolute Gasteiger partial charge is 0.574 e. The number of carbonyl (C=O) groups is 1. The van der Waals surface area contributed by atoms with Gasteiger partial charge in [-0.25, -0.2) is 4.98 Å². The number of ether oxygens (including phenoxy) is 1. The summed E-state index contributed by atoms with van der Waals surface area (Å²) in [4.78, 5) is 13.7. The first-order valence-corrected chi connectivity index (χ1v) is 5.13. The summed E-state index contributed by atoms with van der Waals surface area (Å²) >= 11 is 1.54. The average Bonchev–Trinajstić information content (AvgIpc) is 2.09. The molecule has 0 unspecified atom stereocenters. The Hall–Kier alpha value is -1.26. The quantitative estimate of drug-likeness (QED) is 0.803. The molecule has 1 aromatic heterocycles. The summed E-state index contributed by atoms with van der Waals surface area (Å²) in [5, 5.41) is 17.9. The summed E-state index contributed by atoms with van der Waals surface area (Å²) in [5.74, 6) is -2.61. The maximum Gasteiger partial charge on any atom is 0.574 e. The standard InChI is InChI=1S/C8H5F3INO4/c9-8(10,11)17-5-1-3(12)7(16)4(13-5)2-6(14)15/h1,16H,2H2,(H,14,15). The Balaban J connectivity index is 3.10. The molecule has 0 aliphatic rings. The van der Waals surface area contributed by atoms with Gasteiger partial charge in [-0.15, -0.1) is 13.2 Å². The van der Waals surface area contributed by atoms with Crippen molar-refractivity contribution in [1.82, 2.24) is 4.98 Å². The minimum atomic E-state index is -4.92. The number of carboxylic acids is 1. The molecule has 1 aromatic rings. The first-order valence-electron chi connectivity index (χ1n) is 4.05. The fourth-order valence-electron chi connectivity index (χ4n) is 0.970. The number of rotatable bonds is 3. The molecule has 0 atom stereocenters. The Labute approximate surface area is 106 Å². The van der Waals surface area contributed by atoms with Crippen molar-refractivity contribution in [2.45, 2.75) is 12.8 Å². The lowest BCUT2D eigenvalue weighted by Gasteiger charge is -2.10. The van der Waals surface area contributed by atoms with Gasteiger partial charge in [0.15, 0.2) is 5.75 Å². The second-order valence-electron chi connectivity index (χ2n) is 2.86. The van der Waals surface area contributed by atoms with Gasteiger partial charge in [0.2, 0.25) is 5.88 Å². The number of carboxylic acid groups (broad SMARTS) is 1. The number of aliphatic carboxylic acids is 1. The van der Waals surface area contributed by atoms with E-state index in [2.05, 4.69) is 9.72 Å². The first-order chi connectivity index (χ1) is 7.69. The number of alkyl halides is 3. The lowest BCUT2D eigenvalue weighted by Crippen LogP contribution is -2.18. The van der Waals surface area contributed by atoms with E-state index in [1.54, 1.807) is 22.6 Å². The van der Waals surface area contributed by atoms with Crippen molar-refractivity contribution in [2.24, 2.45) is 0 Å². The van der Waals surface area contributed by atoms with E-state index in [1.807, 2.05) is 0 Å². The summed E-state index contributed by atoms with van der Waals surface area (Å²) in [6.07, 6.45) is -5.62. The van der Waals surface area contributed by atoms with Crippen molar-refractivity contribution in [3.8, 4) is 11.6 Å². The van der Waals surface area contributed by atoms with Gasteiger partial charge in [0.05, 0.1) is 15.7 Å². The van der Waals surface area contributed by atoms with Crippen LogP contribution in [0.3, 0.4) is 0 Å². The van der Waals surface area contributed by atoms with Crippen molar-refractivity contribution in [3.63, 3.8) is 0 Å². The van der Waals surface area contributed by atoms with Crippen LogP contribution in [-0.2, 0) is 11.2 Å². The highest BCUT2D eigenvalue weighted by molar-refractivity contribution is 14.1. The topological polar surface area (TPSA) is 79.7 Å². The van der Waals surface area contributed by atoms with Gasteiger partial charge in [-0.2, -0.15) is 0 Å². The minimum Gasteiger partial charge on any atom is -0.505 e. The summed E-state index contributed by atoms with van der Waals surface area (Å²) in [6, 6.07) is 0.856. The normalized spacial score (nSPS) is 11.3. The van der Waals surface area contributed by atoms with Crippen LogP contribution in [-0.4, -0.2) is 27.5 Å². The lowest BCUT2D eigenvalue weighted by atomic mass is 10.2. The Kier molecular flexibility index (Phi) is 4.01. The summed E-state index contributed by atoms with van der Waals surface area (Å²) in [5.41, 5.74) is -0.386. The third kappa shape index (κ3) is 4.24. The smallest absolute Gasteiger partial charge is 0.505 e. The molecule has 0 aliphatic heterocycles. The van der Waals surface area contributed by atoms with Crippen molar-refractivity contribution in [3.05, 3.63) is 15.3 Å². The molecule has 17 heavy (non-hydrogen) atoms. The molecular weight excluding hydrogens is 358 g/mol. The molecule has 94 valence electrons. The van der Waals surface area contributed by atoms with Crippen LogP contribution in [0.1, 0.15) is 5.69 Å². The van der Waals surface area contributed by atoms with Crippen LogP contribution in [0.5, 0.6) is 11.6 Å². The van der Waals surface area contributed by atoms with E-state index in [9.17, 15) is 23.1 Å². The van der Waals surface area contributed by atoms with Gasteiger partial charge in [0.1, 0.15) is 0 Å². The molecular formula is C8H5F3INO4. The van der Waals surface area contributed by atoms with Crippen LogP contribution in [0.4, 0.5) is 13.2 Å². The van der Waals surface area contributed by atoms with Crippen molar-refractivity contribution < 1.29 is 32.9 Å². The van der Waals surface area contributed by atoms with E-state index in [1.165, 1.54) is 0 Å². The molecule has 0 amide bonds. The fourth-order valence-corrected chi connectivity index (χ4v) is 1.55. The number of nitrogens with zero attached hydrogens (tertiary/aromatic N) is 1. The van der Waals surface area contributed by atoms with Crippen LogP contribution >= 0.6 is 22.6 Å². The van der Waals surface area contributed by atoms with Gasteiger partial charge in [0.25, 0.3) is 0 Å². The second kappa shape index (κ2) is 4.94. The third-order valence-electron chi connectivity index (χ3n) is 1.53. The van der Waals surface area contributed by atoms with E-state index in [-0.39, 0.29) is 9.26 Å². The molecule has 0 radical (unpaired) electrons. The van der Waals surface area contributed by atoms with E-state index >= 15 is 0 Å². The third-order valence-corrected chi connectivity index (χ3v) is 2.36. The SMILES string of the molecule is O=C(O)Cc1nc(OC(F)(F)F)cc(I)c1O. The highest BCUT2D eigenvalue weighted by atomic mass is 127. The maximum absolute atomic E-state index is 11.9. The molecule has 2 N–H and O–H groups in total. The second-order valence-corrected chi connectivity index (χ2v) is 4.02. The summed E-state index contributed by atoms with van der Waals surface area (Å²) < 4.78 is 39.3. The van der Waals surface area contributed by atoms with E-state index in [4.69, 9.17) is 5.11 Å². The number of aromatic hydroxyl groups is 1. The predicted molar refractivity (Wildman–Crippen MR) is 56.6 cm³/mol. The first kappa shape index (κ1) is 13.8. The number of halogens is 4. The van der Waals surface area contributed by atoms with Crippen LogP contribution in [0, 0.1) is 3.57 Å². The zero-order valence-electron chi connectivity index (χ0n) is 7.95. The zero-order valence-corrected chi connectivity index (χ0v) is 10.1. The summed E-state index contributed by atoms with van der Waals surface area (Å²) in [7, 11) is 0. The van der Waals surface area contributed by atoms with Gasteiger partial charge >= 0.3 is 12.3 Å². The van der Waals surface area contributed by atoms with Crippen molar-refractivity contribution >= 4 is 28.6 Å². The Morgan fingerprint density at radius 2 is 2.12 bits per heavy atom. The number of hydrogen-bond acceptors (Lipinski definition) is 4. The number of pyridine rings is 1. The number of aromatic nitrogens is 1. The van der Waals surface area contributed by atoms with Gasteiger partial charge < -0.3 is 14.9 Å². The highest BCUT2D eigenvalue weighted by Crippen LogP contribution is 2.29. The van der Waals surface area contributed by atoms with Gasteiger partial charge in [-0.05, 0) is 22.6 Å². The zero-order chi connectivity index (χ0) is 13.2. The van der Waals surface area contributed by atoms with Crippen molar-refractivity contribution in [2.75, 3.05) is 0 Å². The highest BCUT2D eigenvalue weighted by Gasteiger charge is 2.32. The number of hydrogen-bond donors (Lipinski definition) is 2. The predicted octanol–water partition coefficient (Wildman–Crippen LogP) is 1.92. The molecule has 0 saturated heterocycles. The Morgan fingerprint density at radius 3 is 2.59 bits per heavy atom. The minimum absolute atomic E-state index is 0.0214. The van der Waals surface area contributed by atoms with E-state index < -0.39 is 30.4 Å². The fraction of sp³-hybridized carbons (Fsp3) is 0.250.